The molecule has 0 spiro atoms. The van der Waals surface area contributed by atoms with Crippen LogP contribution in [-0.2, 0) is 5.41 Å². The van der Waals surface area contributed by atoms with Gasteiger partial charge < -0.3 is 10.3 Å². The Bertz CT molecular complexity index is 523. The van der Waals surface area contributed by atoms with Crippen molar-refractivity contribution in [3.63, 3.8) is 0 Å². The van der Waals surface area contributed by atoms with Crippen molar-refractivity contribution >= 4 is 11.3 Å². The molecule has 1 aliphatic carbocycles. The minimum Gasteiger partial charge on any atom is -0.345 e. The van der Waals surface area contributed by atoms with Crippen molar-refractivity contribution in [2.45, 2.75) is 31.6 Å². The van der Waals surface area contributed by atoms with Crippen molar-refractivity contribution < 1.29 is 0 Å². The molecule has 0 amide bonds. The summed E-state index contributed by atoms with van der Waals surface area (Å²) in [5, 5.41) is 5.42. The molecule has 0 radical (unpaired) electrons. The lowest BCUT2D eigenvalue weighted by Crippen LogP contribution is -2.43. The monoisotopic (exact) mass is 261 g/mol. The maximum absolute atomic E-state index is 4.88. The van der Waals surface area contributed by atoms with Crippen LogP contribution in [0.3, 0.4) is 0 Å². The van der Waals surface area contributed by atoms with Gasteiger partial charge in [0.25, 0.3) is 0 Å². The summed E-state index contributed by atoms with van der Waals surface area (Å²) >= 11 is 1.75. The highest BCUT2D eigenvalue weighted by atomic mass is 32.1. The molecule has 1 aliphatic rings. The normalized spacial score (nSPS) is 17.7. The summed E-state index contributed by atoms with van der Waals surface area (Å²) in [6.07, 6.45) is 3.80. The van der Waals surface area contributed by atoms with Crippen molar-refractivity contribution in [3.8, 4) is 10.6 Å². The molecule has 3 nitrogen and oxygen atoms in total. The van der Waals surface area contributed by atoms with Gasteiger partial charge in [-0.05, 0) is 38.3 Å². The quantitative estimate of drug-likeness (QED) is 0.888. The van der Waals surface area contributed by atoms with Gasteiger partial charge in [0.15, 0.2) is 0 Å². The number of nitrogens with one attached hydrogen (secondary N) is 2. The van der Waals surface area contributed by atoms with Crippen LogP contribution in [0.1, 0.15) is 30.8 Å². The number of aromatic nitrogens is 2. The van der Waals surface area contributed by atoms with E-state index in [2.05, 4.69) is 34.7 Å². The molecule has 0 unspecified atom stereocenters. The summed E-state index contributed by atoms with van der Waals surface area (Å²) in [7, 11) is 2.02. The zero-order chi connectivity index (χ0) is 12.6. The summed E-state index contributed by atoms with van der Waals surface area (Å²) in [6, 6.07) is 4.23. The van der Waals surface area contributed by atoms with E-state index in [4.69, 9.17) is 4.98 Å². The van der Waals surface area contributed by atoms with E-state index in [-0.39, 0.29) is 5.41 Å². The largest absolute Gasteiger partial charge is 0.345 e. The Balaban J connectivity index is 1.97. The second kappa shape index (κ2) is 4.52. The van der Waals surface area contributed by atoms with E-state index in [0.717, 1.165) is 12.2 Å². The van der Waals surface area contributed by atoms with Crippen LogP contribution in [0, 0.1) is 6.92 Å². The summed E-state index contributed by atoms with van der Waals surface area (Å²) in [4.78, 5) is 9.65. The van der Waals surface area contributed by atoms with E-state index < -0.39 is 0 Å². The highest BCUT2D eigenvalue weighted by molar-refractivity contribution is 7.13. The van der Waals surface area contributed by atoms with Gasteiger partial charge in [-0.2, -0.15) is 0 Å². The molecule has 0 bridgehead atoms. The molecular weight excluding hydrogens is 242 g/mol. The number of hydrogen-bond donors (Lipinski definition) is 2. The Morgan fingerprint density at radius 1 is 1.50 bits per heavy atom. The van der Waals surface area contributed by atoms with Gasteiger partial charge in [0, 0.05) is 17.7 Å². The summed E-state index contributed by atoms with van der Waals surface area (Å²) in [5.74, 6) is 1.17. The molecule has 2 heterocycles. The topological polar surface area (TPSA) is 40.7 Å². The lowest BCUT2D eigenvalue weighted by Gasteiger charge is -2.40. The summed E-state index contributed by atoms with van der Waals surface area (Å²) < 4.78 is 0. The Morgan fingerprint density at radius 3 is 2.89 bits per heavy atom. The van der Waals surface area contributed by atoms with Crippen molar-refractivity contribution in [2.24, 2.45) is 0 Å². The smallest absolute Gasteiger partial charge is 0.114 e. The number of H-pyrrole nitrogens is 1. The number of likely N-dealkylation sites (N-methyl/N-ethyl adjacent to an activating group) is 1. The van der Waals surface area contributed by atoms with Crippen LogP contribution in [0.15, 0.2) is 17.5 Å². The van der Waals surface area contributed by atoms with Gasteiger partial charge in [0.2, 0.25) is 0 Å². The van der Waals surface area contributed by atoms with Crippen molar-refractivity contribution in [1.82, 2.24) is 15.3 Å². The molecule has 4 heteroatoms. The number of aromatic amines is 1. The van der Waals surface area contributed by atoms with Crippen molar-refractivity contribution in [2.75, 3.05) is 13.6 Å². The molecule has 96 valence electrons. The first-order valence-electron chi connectivity index (χ1n) is 6.51. The molecule has 0 saturated heterocycles. The number of imidazole rings is 1. The van der Waals surface area contributed by atoms with E-state index in [1.165, 1.54) is 35.7 Å². The molecule has 0 aromatic carbocycles. The molecule has 18 heavy (non-hydrogen) atoms. The highest BCUT2D eigenvalue weighted by Gasteiger charge is 2.41. The molecule has 1 saturated carbocycles. The minimum atomic E-state index is 0.245. The van der Waals surface area contributed by atoms with Gasteiger partial charge in [-0.1, -0.05) is 12.5 Å². The van der Waals surface area contributed by atoms with Crippen molar-refractivity contribution in [1.29, 1.82) is 0 Å². The van der Waals surface area contributed by atoms with Gasteiger partial charge in [-0.15, -0.1) is 11.3 Å². The number of thiophene rings is 1. The van der Waals surface area contributed by atoms with Crippen molar-refractivity contribution in [3.05, 3.63) is 29.0 Å². The number of aryl methyl sites for hydroxylation is 1. The molecule has 2 N–H and O–H groups in total. The Morgan fingerprint density at radius 2 is 2.33 bits per heavy atom. The van der Waals surface area contributed by atoms with Crippen LogP contribution < -0.4 is 5.32 Å². The van der Waals surface area contributed by atoms with Crippen LogP contribution in [0.4, 0.5) is 0 Å². The van der Waals surface area contributed by atoms with E-state index >= 15 is 0 Å². The van der Waals surface area contributed by atoms with E-state index in [1.807, 2.05) is 7.05 Å². The molecule has 1 fully saturated rings. The molecule has 0 aliphatic heterocycles. The lowest BCUT2D eigenvalue weighted by atomic mass is 9.68. The first kappa shape index (κ1) is 11.9. The fourth-order valence-corrected chi connectivity index (χ4v) is 3.58. The van der Waals surface area contributed by atoms with Crippen LogP contribution >= 0.6 is 11.3 Å². The maximum atomic E-state index is 4.88. The molecule has 2 aromatic heterocycles. The van der Waals surface area contributed by atoms with E-state index in [9.17, 15) is 0 Å². The second-order valence-electron chi connectivity index (χ2n) is 5.20. The van der Waals surface area contributed by atoms with Gasteiger partial charge in [0.1, 0.15) is 11.5 Å². The summed E-state index contributed by atoms with van der Waals surface area (Å²) in [5.41, 5.74) is 2.56. The zero-order valence-electron chi connectivity index (χ0n) is 10.9. The van der Waals surface area contributed by atoms with Gasteiger partial charge >= 0.3 is 0 Å². The third-order valence-electron chi connectivity index (χ3n) is 3.97. The highest BCUT2D eigenvalue weighted by Crippen LogP contribution is 2.43. The third kappa shape index (κ3) is 1.80. The standard InChI is InChI=1S/C14H19N3S/c1-10-12(11-5-3-8-18-11)17-13(16-10)14(9-15-2)6-4-7-14/h3,5,8,15H,4,6-7,9H2,1-2H3,(H,16,17). The van der Waals surface area contributed by atoms with Crippen LogP contribution in [0.2, 0.25) is 0 Å². The summed E-state index contributed by atoms with van der Waals surface area (Å²) in [6.45, 7) is 3.14. The van der Waals surface area contributed by atoms with E-state index in [1.54, 1.807) is 11.3 Å². The van der Waals surface area contributed by atoms with E-state index in [0.29, 0.717) is 0 Å². The Kier molecular flexibility index (Phi) is 2.99. The van der Waals surface area contributed by atoms with Gasteiger partial charge in [0.05, 0.1) is 4.88 Å². The fraction of sp³-hybridized carbons (Fsp3) is 0.500. The zero-order valence-corrected chi connectivity index (χ0v) is 11.7. The minimum absolute atomic E-state index is 0.245. The van der Waals surface area contributed by atoms with Crippen LogP contribution in [-0.4, -0.2) is 23.6 Å². The first-order chi connectivity index (χ1) is 8.75. The first-order valence-corrected chi connectivity index (χ1v) is 7.39. The predicted molar refractivity (Wildman–Crippen MR) is 76.1 cm³/mol. The Hall–Kier alpha value is -1.13. The molecule has 2 aromatic rings. The van der Waals surface area contributed by atoms with Crippen LogP contribution in [0.25, 0.3) is 10.6 Å². The molecule has 0 atom stereocenters. The fourth-order valence-electron chi connectivity index (χ4n) is 2.80. The Labute approximate surface area is 112 Å². The van der Waals surface area contributed by atoms with Gasteiger partial charge in [-0.25, -0.2) is 4.98 Å². The third-order valence-corrected chi connectivity index (χ3v) is 4.84. The number of hydrogen-bond acceptors (Lipinski definition) is 3. The number of rotatable bonds is 4. The molecule has 3 rings (SSSR count). The maximum Gasteiger partial charge on any atom is 0.114 e. The average Bonchev–Trinajstić information content (AvgIpc) is 2.92. The molecular formula is C14H19N3S. The number of nitrogens with zero attached hydrogens (tertiary/aromatic N) is 1. The van der Waals surface area contributed by atoms with Gasteiger partial charge in [-0.3, -0.25) is 0 Å². The predicted octanol–water partition coefficient (Wildman–Crippen LogP) is 3.09. The second-order valence-corrected chi connectivity index (χ2v) is 6.15. The lowest BCUT2D eigenvalue weighted by molar-refractivity contribution is 0.226. The van der Waals surface area contributed by atoms with Crippen LogP contribution in [0.5, 0.6) is 0 Å². The average molecular weight is 261 g/mol. The SMILES string of the molecule is CNCC1(c2nc(-c3cccs3)c(C)[nH]2)CCC1.